The molecule has 0 saturated carbocycles. The van der Waals surface area contributed by atoms with Gasteiger partial charge in [0.1, 0.15) is 0 Å². The summed E-state index contributed by atoms with van der Waals surface area (Å²) in [5.41, 5.74) is 3.29. The van der Waals surface area contributed by atoms with Crippen LogP contribution in [0.4, 0.5) is 0 Å². The number of aryl methyl sites for hydroxylation is 1. The first-order valence-electron chi connectivity index (χ1n) is 5.17. The average Bonchev–Trinajstić information content (AvgIpc) is 2.45. The summed E-state index contributed by atoms with van der Waals surface area (Å²) in [4.78, 5) is 0. The van der Waals surface area contributed by atoms with Crippen molar-refractivity contribution in [2.24, 2.45) is 0 Å². The zero-order valence-corrected chi connectivity index (χ0v) is 10.9. The average molecular weight is 235 g/mol. The van der Waals surface area contributed by atoms with Crippen LogP contribution in [0.1, 0.15) is 22.3 Å². The van der Waals surface area contributed by atoms with E-state index in [4.69, 9.17) is 0 Å². The Kier molecular flexibility index (Phi) is 2.27. The second kappa shape index (κ2) is 3.16. The van der Waals surface area contributed by atoms with Gasteiger partial charge in [-0.15, -0.1) is 0 Å². The van der Waals surface area contributed by atoms with Gasteiger partial charge in [0.05, 0.1) is 0 Å². The Morgan fingerprint density at radius 3 is 2.54 bits per heavy atom. The summed E-state index contributed by atoms with van der Waals surface area (Å²) in [5.74, 6) is 7.60. The van der Waals surface area contributed by atoms with Gasteiger partial charge in [0.2, 0.25) is 0 Å². The molecular formula is C12H18Ge. The predicted octanol–water partition coefficient (Wildman–Crippen LogP) is 3.59. The van der Waals surface area contributed by atoms with Gasteiger partial charge in [-0.25, -0.2) is 0 Å². The molecule has 1 aromatic rings. The molecule has 70 valence electrons. The molecule has 2 rings (SSSR count). The Bertz CT molecular complexity index is 309. The molecule has 1 aromatic carbocycles. The van der Waals surface area contributed by atoms with Gasteiger partial charge in [0.15, 0.2) is 0 Å². The van der Waals surface area contributed by atoms with Crippen molar-refractivity contribution in [1.29, 1.82) is 0 Å². The molecule has 0 amide bonds. The molecule has 0 N–H and O–H groups in total. The van der Waals surface area contributed by atoms with Crippen molar-refractivity contribution in [3.63, 3.8) is 0 Å². The molecule has 0 fully saturated rings. The fraction of sp³-hybridized carbons (Fsp3) is 0.500. The second-order valence-corrected chi connectivity index (χ2v) is 16.5. The van der Waals surface area contributed by atoms with Crippen LogP contribution in [0.2, 0.25) is 17.3 Å². The number of hydrogen-bond donors (Lipinski definition) is 0. The van der Waals surface area contributed by atoms with E-state index in [1.807, 2.05) is 0 Å². The van der Waals surface area contributed by atoms with Crippen molar-refractivity contribution < 1.29 is 0 Å². The quantitative estimate of drug-likeness (QED) is 0.652. The van der Waals surface area contributed by atoms with Crippen LogP contribution < -0.4 is 0 Å². The first kappa shape index (κ1) is 9.32. The number of fused-ring (bicyclic) bond motifs is 1. The predicted molar refractivity (Wildman–Crippen MR) is 60.9 cm³/mol. The Hall–Kier alpha value is -0.237. The third kappa shape index (κ3) is 1.69. The molecule has 0 spiro atoms. The molecule has 1 unspecified atom stereocenters. The summed E-state index contributed by atoms with van der Waals surface area (Å²) in [6.45, 7) is 0. The minimum atomic E-state index is -1.46. The van der Waals surface area contributed by atoms with Crippen LogP contribution in [-0.2, 0) is 6.42 Å². The third-order valence-corrected chi connectivity index (χ3v) is 8.82. The van der Waals surface area contributed by atoms with Crippen molar-refractivity contribution in [2.75, 3.05) is 0 Å². The van der Waals surface area contributed by atoms with Crippen LogP contribution >= 0.6 is 0 Å². The van der Waals surface area contributed by atoms with E-state index >= 15 is 0 Å². The van der Waals surface area contributed by atoms with E-state index in [2.05, 4.69) is 41.5 Å². The fourth-order valence-electron chi connectivity index (χ4n) is 2.46. The van der Waals surface area contributed by atoms with Gasteiger partial charge in [0, 0.05) is 0 Å². The van der Waals surface area contributed by atoms with E-state index in [0.29, 0.717) is 0 Å². The molecule has 0 saturated heterocycles. The molecule has 0 radical (unpaired) electrons. The summed E-state index contributed by atoms with van der Waals surface area (Å²) in [5, 5.41) is 0. The SMILES string of the molecule is [CH3][Ge]([CH3])([CH3])[CH]1CCc2ccccc21. The Balaban J connectivity index is 2.39. The zero-order valence-electron chi connectivity index (χ0n) is 8.80. The summed E-state index contributed by atoms with van der Waals surface area (Å²) >= 11 is -1.46. The van der Waals surface area contributed by atoms with Crippen LogP contribution in [0.15, 0.2) is 24.3 Å². The van der Waals surface area contributed by atoms with E-state index in [0.717, 1.165) is 4.75 Å². The number of hydrogen-bond acceptors (Lipinski definition) is 0. The molecule has 0 nitrogen and oxygen atoms in total. The van der Waals surface area contributed by atoms with Crippen LogP contribution in [0.3, 0.4) is 0 Å². The van der Waals surface area contributed by atoms with Gasteiger partial charge in [-0.3, -0.25) is 0 Å². The maximum absolute atomic E-state index is 2.53. The van der Waals surface area contributed by atoms with Gasteiger partial charge in [-0.2, -0.15) is 0 Å². The zero-order chi connectivity index (χ0) is 9.47. The second-order valence-electron chi connectivity index (χ2n) is 5.16. The summed E-state index contributed by atoms with van der Waals surface area (Å²) < 4.78 is 0.955. The van der Waals surface area contributed by atoms with E-state index in [-0.39, 0.29) is 0 Å². The molecule has 1 aliphatic rings. The summed E-state index contributed by atoms with van der Waals surface area (Å²) in [6, 6.07) is 9.04. The van der Waals surface area contributed by atoms with Gasteiger partial charge in [-0.05, 0) is 0 Å². The first-order chi connectivity index (χ1) is 6.09. The third-order valence-electron chi connectivity index (χ3n) is 3.18. The van der Waals surface area contributed by atoms with E-state index in [9.17, 15) is 0 Å². The van der Waals surface area contributed by atoms with Crippen LogP contribution in [0, 0.1) is 0 Å². The summed E-state index contributed by atoms with van der Waals surface area (Å²) in [7, 11) is 0. The Morgan fingerprint density at radius 2 is 1.85 bits per heavy atom. The van der Waals surface area contributed by atoms with Gasteiger partial charge in [0.25, 0.3) is 0 Å². The van der Waals surface area contributed by atoms with E-state index in [1.54, 1.807) is 11.1 Å². The van der Waals surface area contributed by atoms with Gasteiger partial charge < -0.3 is 0 Å². The van der Waals surface area contributed by atoms with Crippen molar-refractivity contribution in [2.45, 2.75) is 34.9 Å². The van der Waals surface area contributed by atoms with E-state index in [1.165, 1.54) is 12.8 Å². The molecule has 0 aromatic heterocycles. The van der Waals surface area contributed by atoms with Gasteiger partial charge in [-0.1, -0.05) is 0 Å². The molecule has 0 aliphatic heterocycles. The Labute approximate surface area is 83.7 Å². The first-order valence-corrected chi connectivity index (χ1v) is 12.7. The fourth-order valence-corrected chi connectivity index (χ4v) is 7.12. The van der Waals surface area contributed by atoms with Crippen molar-refractivity contribution in [3.05, 3.63) is 35.4 Å². The van der Waals surface area contributed by atoms with Crippen LogP contribution in [0.25, 0.3) is 0 Å². The number of benzene rings is 1. The van der Waals surface area contributed by atoms with Crippen LogP contribution in [0.5, 0.6) is 0 Å². The topological polar surface area (TPSA) is 0 Å². The normalized spacial score (nSPS) is 21.6. The van der Waals surface area contributed by atoms with Crippen molar-refractivity contribution in [1.82, 2.24) is 0 Å². The molecule has 0 heterocycles. The van der Waals surface area contributed by atoms with Gasteiger partial charge >= 0.3 is 83.5 Å². The van der Waals surface area contributed by atoms with Crippen molar-refractivity contribution in [3.8, 4) is 0 Å². The van der Waals surface area contributed by atoms with Crippen molar-refractivity contribution >= 4 is 13.3 Å². The molecular weight excluding hydrogens is 217 g/mol. The molecule has 13 heavy (non-hydrogen) atoms. The maximum atomic E-state index is 2.53. The molecule has 0 bridgehead atoms. The molecule has 1 aliphatic carbocycles. The number of rotatable bonds is 1. The minimum absolute atomic E-state index is 0.955. The van der Waals surface area contributed by atoms with Crippen LogP contribution in [-0.4, -0.2) is 13.3 Å². The summed E-state index contributed by atoms with van der Waals surface area (Å²) in [6.07, 6.45) is 2.74. The molecule has 1 atom stereocenters. The standard InChI is InChI=1S/C12H18Ge/c1-13(2,3)12-9-8-10-6-4-5-7-11(10)12/h4-7,12H,8-9H2,1-3H3. The molecule has 1 heteroatoms. The monoisotopic (exact) mass is 236 g/mol. The Morgan fingerprint density at radius 1 is 1.15 bits per heavy atom. The van der Waals surface area contributed by atoms with E-state index < -0.39 is 13.3 Å².